The molecule has 0 saturated heterocycles. The van der Waals surface area contributed by atoms with Gasteiger partial charge in [0.05, 0.1) is 11.8 Å². The molecule has 0 amide bonds. The van der Waals surface area contributed by atoms with Crippen LogP contribution in [0.5, 0.6) is 0 Å². The summed E-state index contributed by atoms with van der Waals surface area (Å²) in [5.74, 6) is -0.331. The van der Waals surface area contributed by atoms with Gasteiger partial charge in [-0.3, -0.25) is 4.98 Å². The Morgan fingerprint density at radius 1 is 1.64 bits per heavy atom. The molecule has 0 radical (unpaired) electrons. The van der Waals surface area contributed by atoms with E-state index in [1.165, 1.54) is 18.3 Å². The first-order valence-electron chi connectivity index (χ1n) is 3.31. The summed E-state index contributed by atoms with van der Waals surface area (Å²) in [6.45, 7) is 0. The molecule has 0 spiro atoms. The lowest BCUT2D eigenvalue weighted by Crippen LogP contribution is -1.92. The van der Waals surface area contributed by atoms with Crippen LogP contribution in [0.4, 0.5) is 4.39 Å². The molecule has 0 bridgehead atoms. The number of hydrogen-bond donors (Lipinski definition) is 0. The Bertz CT molecular complexity index is 278. The quantitative estimate of drug-likeness (QED) is 0.643. The van der Waals surface area contributed by atoms with Gasteiger partial charge in [0.25, 0.3) is 0 Å². The SMILES string of the molecule is N#CCCc1ncccc1F. The van der Waals surface area contributed by atoms with Gasteiger partial charge in [-0.1, -0.05) is 0 Å². The number of rotatable bonds is 2. The maximum atomic E-state index is 12.7. The molecule has 56 valence electrons. The van der Waals surface area contributed by atoms with Crippen LogP contribution in [-0.2, 0) is 6.42 Å². The van der Waals surface area contributed by atoms with E-state index in [0.717, 1.165) is 0 Å². The minimum absolute atomic E-state index is 0.313. The molecule has 0 N–H and O–H groups in total. The van der Waals surface area contributed by atoms with Crippen molar-refractivity contribution in [3.63, 3.8) is 0 Å². The van der Waals surface area contributed by atoms with Gasteiger partial charge in [0.1, 0.15) is 5.82 Å². The summed E-state index contributed by atoms with van der Waals surface area (Å²) in [5.41, 5.74) is 0.369. The highest BCUT2D eigenvalue weighted by molar-refractivity contribution is 5.07. The monoisotopic (exact) mass is 150 g/mol. The van der Waals surface area contributed by atoms with E-state index in [4.69, 9.17) is 5.26 Å². The molecule has 11 heavy (non-hydrogen) atoms. The van der Waals surface area contributed by atoms with Crippen molar-refractivity contribution >= 4 is 0 Å². The number of nitrogens with zero attached hydrogens (tertiary/aromatic N) is 2. The Morgan fingerprint density at radius 2 is 2.45 bits per heavy atom. The van der Waals surface area contributed by atoms with E-state index in [2.05, 4.69) is 4.98 Å². The van der Waals surface area contributed by atoms with E-state index in [1.807, 2.05) is 6.07 Å². The van der Waals surface area contributed by atoms with Gasteiger partial charge in [-0.2, -0.15) is 5.26 Å². The topological polar surface area (TPSA) is 36.7 Å². The molecule has 0 aliphatic carbocycles. The van der Waals surface area contributed by atoms with E-state index in [9.17, 15) is 4.39 Å². The van der Waals surface area contributed by atoms with E-state index in [-0.39, 0.29) is 5.82 Å². The summed E-state index contributed by atoms with van der Waals surface area (Å²) in [7, 11) is 0. The van der Waals surface area contributed by atoms with Gasteiger partial charge in [0, 0.05) is 19.0 Å². The Balaban J connectivity index is 2.71. The van der Waals surface area contributed by atoms with Gasteiger partial charge in [0.2, 0.25) is 0 Å². The molecule has 2 nitrogen and oxygen atoms in total. The maximum Gasteiger partial charge on any atom is 0.144 e. The molecule has 0 aliphatic rings. The number of pyridine rings is 1. The number of nitriles is 1. The van der Waals surface area contributed by atoms with E-state index >= 15 is 0 Å². The first kappa shape index (κ1) is 7.67. The summed E-state index contributed by atoms with van der Waals surface area (Å²) in [5, 5.41) is 8.22. The van der Waals surface area contributed by atoms with Crippen LogP contribution < -0.4 is 0 Å². The first-order chi connectivity index (χ1) is 5.34. The zero-order valence-electron chi connectivity index (χ0n) is 5.92. The fraction of sp³-hybridized carbons (Fsp3) is 0.250. The Kier molecular flexibility index (Phi) is 2.56. The van der Waals surface area contributed by atoms with Crippen molar-refractivity contribution in [2.75, 3.05) is 0 Å². The smallest absolute Gasteiger partial charge is 0.144 e. The predicted octanol–water partition coefficient (Wildman–Crippen LogP) is 1.68. The molecule has 0 aliphatic heterocycles. The highest BCUT2D eigenvalue weighted by Gasteiger charge is 1.99. The third-order valence-corrected chi connectivity index (χ3v) is 1.31. The van der Waals surface area contributed by atoms with Gasteiger partial charge >= 0.3 is 0 Å². The third kappa shape index (κ3) is 2.01. The molecule has 0 saturated carbocycles. The fourth-order valence-corrected chi connectivity index (χ4v) is 0.777. The van der Waals surface area contributed by atoms with E-state index in [1.54, 1.807) is 0 Å². The molecule has 1 rings (SSSR count). The van der Waals surface area contributed by atoms with Crippen LogP contribution in [0.25, 0.3) is 0 Å². The lowest BCUT2D eigenvalue weighted by atomic mass is 10.2. The Hall–Kier alpha value is -1.43. The molecule has 1 aromatic rings. The molecule has 3 heteroatoms. The standard InChI is InChI=1S/C8H7FN2/c9-7-3-2-6-11-8(7)4-1-5-10/h2-3,6H,1,4H2. The minimum atomic E-state index is -0.331. The highest BCUT2D eigenvalue weighted by Crippen LogP contribution is 2.04. The first-order valence-corrected chi connectivity index (χ1v) is 3.31. The predicted molar refractivity (Wildman–Crippen MR) is 38.1 cm³/mol. The molecule has 0 fully saturated rings. The number of aryl methyl sites for hydroxylation is 1. The Morgan fingerprint density at radius 3 is 3.09 bits per heavy atom. The van der Waals surface area contributed by atoms with Crippen molar-refractivity contribution in [3.8, 4) is 6.07 Å². The van der Waals surface area contributed by atoms with Gasteiger partial charge in [-0.05, 0) is 12.1 Å². The molecule has 1 heterocycles. The Labute approximate surface area is 64.3 Å². The van der Waals surface area contributed by atoms with E-state index < -0.39 is 0 Å². The lowest BCUT2D eigenvalue weighted by molar-refractivity contribution is 0.599. The van der Waals surface area contributed by atoms with Gasteiger partial charge < -0.3 is 0 Å². The lowest BCUT2D eigenvalue weighted by Gasteiger charge is -1.95. The summed E-state index contributed by atoms with van der Waals surface area (Å²) >= 11 is 0. The molecular formula is C8H7FN2. The average Bonchev–Trinajstić information content (AvgIpc) is 2.03. The summed E-state index contributed by atoms with van der Waals surface area (Å²) in [6.07, 6.45) is 2.23. The van der Waals surface area contributed by atoms with Crippen molar-refractivity contribution in [3.05, 3.63) is 29.8 Å². The van der Waals surface area contributed by atoms with Crippen LogP contribution in [0.15, 0.2) is 18.3 Å². The van der Waals surface area contributed by atoms with E-state index in [0.29, 0.717) is 18.5 Å². The van der Waals surface area contributed by atoms with Crippen molar-refractivity contribution < 1.29 is 4.39 Å². The summed E-state index contributed by atoms with van der Waals surface area (Å²) in [6, 6.07) is 4.82. The van der Waals surface area contributed by atoms with Crippen molar-refractivity contribution in [1.29, 1.82) is 5.26 Å². The molecule has 0 atom stereocenters. The second-order valence-corrected chi connectivity index (χ2v) is 2.09. The average molecular weight is 150 g/mol. The molecule has 0 unspecified atom stereocenters. The zero-order chi connectivity index (χ0) is 8.10. The van der Waals surface area contributed by atoms with Gasteiger partial charge in [0.15, 0.2) is 0 Å². The van der Waals surface area contributed by atoms with Crippen molar-refractivity contribution in [2.45, 2.75) is 12.8 Å². The largest absolute Gasteiger partial charge is 0.258 e. The van der Waals surface area contributed by atoms with Crippen LogP contribution in [0.3, 0.4) is 0 Å². The number of aromatic nitrogens is 1. The van der Waals surface area contributed by atoms with Crippen LogP contribution in [0, 0.1) is 17.1 Å². The van der Waals surface area contributed by atoms with Crippen LogP contribution in [0.1, 0.15) is 12.1 Å². The minimum Gasteiger partial charge on any atom is -0.258 e. The summed E-state index contributed by atoms with van der Waals surface area (Å²) < 4.78 is 12.7. The normalized spacial score (nSPS) is 9.09. The molecule has 1 aromatic heterocycles. The maximum absolute atomic E-state index is 12.7. The third-order valence-electron chi connectivity index (χ3n) is 1.31. The van der Waals surface area contributed by atoms with Crippen molar-refractivity contribution in [2.24, 2.45) is 0 Å². The fourth-order valence-electron chi connectivity index (χ4n) is 0.777. The van der Waals surface area contributed by atoms with Crippen LogP contribution in [0.2, 0.25) is 0 Å². The summed E-state index contributed by atoms with van der Waals surface area (Å²) in [4.78, 5) is 3.79. The highest BCUT2D eigenvalue weighted by atomic mass is 19.1. The zero-order valence-corrected chi connectivity index (χ0v) is 5.92. The van der Waals surface area contributed by atoms with Gasteiger partial charge in [-0.25, -0.2) is 4.39 Å². The van der Waals surface area contributed by atoms with Crippen LogP contribution >= 0.6 is 0 Å². The number of hydrogen-bond acceptors (Lipinski definition) is 2. The molecule has 0 aromatic carbocycles. The van der Waals surface area contributed by atoms with Crippen molar-refractivity contribution in [1.82, 2.24) is 4.98 Å². The second kappa shape index (κ2) is 3.67. The molecular weight excluding hydrogens is 143 g/mol. The second-order valence-electron chi connectivity index (χ2n) is 2.09. The van der Waals surface area contributed by atoms with Gasteiger partial charge in [-0.15, -0.1) is 0 Å². The van der Waals surface area contributed by atoms with Crippen LogP contribution in [-0.4, -0.2) is 4.98 Å². The number of halogens is 1.